The number of hydrogen-bond donors (Lipinski definition) is 1. The van der Waals surface area contributed by atoms with E-state index in [1.807, 2.05) is 18.7 Å². The molecule has 0 aliphatic heterocycles. The van der Waals surface area contributed by atoms with E-state index in [0.717, 1.165) is 17.1 Å². The monoisotopic (exact) mass is 263 g/mol. The van der Waals surface area contributed by atoms with Gasteiger partial charge in [-0.25, -0.2) is 4.39 Å². The van der Waals surface area contributed by atoms with Gasteiger partial charge in [-0.1, -0.05) is 12.1 Å². The molecule has 0 saturated carbocycles. The number of hydrogen-bond acceptors (Lipinski definition) is 3. The summed E-state index contributed by atoms with van der Waals surface area (Å²) in [5.74, 6) is 0.444. The third-order valence-corrected chi connectivity index (χ3v) is 3.19. The second kappa shape index (κ2) is 5.40. The first-order valence-electron chi connectivity index (χ1n) is 6.25. The van der Waals surface area contributed by atoms with E-state index in [2.05, 4.69) is 5.10 Å². The SMILES string of the molecule is CCN(c1ccccc1F)c1c(CO)c(C)nn1C. The quantitative estimate of drug-likeness (QED) is 0.921. The van der Waals surface area contributed by atoms with Gasteiger partial charge in [-0.3, -0.25) is 4.68 Å². The van der Waals surface area contributed by atoms with Crippen molar-refractivity contribution in [1.82, 2.24) is 9.78 Å². The van der Waals surface area contributed by atoms with E-state index < -0.39 is 0 Å². The van der Waals surface area contributed by atoms with Crippen LogP contribution in [0.4, 0.5) is 15.9 Å². The number of nitrogens with zero attached hydrogens (tertiary/aromatic N) is 3. The molecule has 0 aliphatic carbocycles. The largest absolute Gasteiger partial charge is 0.391 e. The van der Waals surface area contributed by atoms with Crippen molar-refractivity contribution in [3.05, 3.63) is 41.3 Å². The van der Waals surface area contributed by atoms with Crippen molar-refractivity contribution in [2.24, 2.45) is 7.05 Å². The first-order valence-corrected chi connectivity index (χ1v) is 6.25. The molecule has 1 aromatic carbocycles. The molecular weight excluding hydrogens is 245 g/mol. The van der Waals surface area contributed by atoms with E-state index in [1.165, 1.54) is 6.07 Å². The summed E-state index contributed by atoms with van der Waals surface area (Å²) in [6.45, 7) is 4.26. The molecule has 2 rings (SSSR count). The minimum atomic E-state index is -0.285. The fraction of sp³-hybridized carbons (Fsp3) is 0.357. The fourth-order valence-electron chi connectivity index (χ4n) is 2.32. The average Bonchev–Trinajstić information content (AvgIpc) is 2.67. The molecule has 4 nitrogen and oxygen atoms in total. The van der Waals surface area contributed by atoms with Crippen molar-refractivity contribution in [1.29, 1.82) is 0 Å². The maximum absolute atomic E-state index is 14.0. The van der Waals surface area contributed by atoms with E-state index >= 15 is 0 Å². The van der Waals surface area contributed by atoms with Crippen molar-refractivity contribution in [2.75, 3.05) is 11.4 Å². The summed E-state index contributed by atoms with van der Waals surface area (Å²) in [6.07, 6.45) is 0. The van der Waals surface area contributed by atoms with Crippen molar-refractivity contribution in [3.63, 3.8) is 0 Å². The first-order chi connectivity index (χ1) is 9.10. The molecule has 0 unspecified atom stereocenters. The van der Waals surface area contributed by atoms with Crippen LogP contribution in [0.25, 0.3) is 0 Å². The Morgan fingerprint density at radius 1 is 1.37 bits per heavy atom. The summed E-state index contributed by atoms with van der Waals surface area (Å²) in [6, 6.07) is 6.61. The standard InChI is InChI=1S/C14H18FN3O/c1-4-18(13-8-6-5-7-12(13)15)14-11(9-19)10(2)16-17(14)3/h5-8,19H,4,9H2,1-3H3. The van der Waals surface area contributed by atoms with Gasteiger partial charge in [0, 0.05) is 19.2 Å². The Morgan fingerprint density at radius 2 is 2.05 bits per heavy atom. The average molecular weight is 263 g/mol. The summed E-state index contributed by atoms with van der Waals surface area (Å²) in [4.78, 5) is 1.82. The number of halogens is 1. The normalized spacial score (nSPS) is 10.8. The van der Waals surface area contributed by atoms with Gasteiger partial charge >= 0.3 is 0 Å². The molecule has 0 aliphatic rings. The zero-order chi connectivity index (χ0) is 14.0. The van der Waals surface area contributed by atoms with Gasteiger partial charge in [0.25, 0.3) is 0 Å². The van der Waals surface area contributed by atoms with Crippen LogP contribution in [0.15, 0.2) is 24.3 Å². The first kappa shape index (κ1) is 13.5. The number of anilines is 2. The summed E-state index contributed by atoms with van der Waals surface area (Å²) in [5.41, 5.74) is 1.98. The topological polar surface area (TPSA) is 41.3 Å². The highest BCUT2D eigenvalue weighted by Gasteiger charge is 2.20. The zero-order valence-electron chi connectivity index (χ0n) is 11.4. The Bertz CT molecular complexity index is 580. The Hall–Kier alpha value is -1.88. The minimum absolute atomic E-state index is 0.111. The van der Waals surface area contributed by atoms with E-state index in [9.17, 15) is 9.50 Å². The summed E-state index contributed by atoms with van der Waals surface area (Å²) in [7, 11) is 1.80. The van der Waals surface area contributed by atoms with E-state index in [1.54, 1.807) is 29.9 Å². The number of aryl methyl sites for hydroxylation is 2. The molecule has 0 fully saturated rings. The summed E-state index contributed by atoms with van der Waals surface area (Å²) >= 11 is 0. The maximum Gasteiger partial charge on any atom is 0.146 e. The molecular formula is C14H18FN3O. The highest BCUT2D eigenvalue weighted by Crippen LogP contribution is 2.31. The van der Waals surface area contributed by atoms with Gasteiger partial charge in [-0.2, -0.15) is 5.10 Å². The maximum atomic E-state index is 14.0. The number of aliphatic hydroxyl groups excluding tert-OH is 1. The third-order valence-electron chi connectivity index (χ3n) is 3.19. The number of benzene rings is 1. The fourth-order valence-corrected chi connectivity index (χ4v) is 2.32. The minimum Gasteiger partial charge on any atom is -0.391 e. The molecule has 5 heteroatoms. The number of aliphatic hydroxyl groups is 1. The van der Waals surface area contributed by atoms with Gasteiger partial charge < -0.3 is 10.0 Å². The molecule has 0 radical (unpaired) electrons. The van der Waals surface area contributed by atoms with Gasteiger partial charge in [-0.05, 0) is 26.0 Å². The molecule has 2 aromatic rings. The number of para-hydroxylation sites is 1. The Kier molecular flexibility index (Phi) is 3.85. The molecule has 0 bridgehead atoms. The van der Waals surface area contributed by atoms with Crippen LogP contribution in [0.3, 0.4) is 0 Å². The van der Waals surface area contributed by atoms with Gasteiger partial charge in [0.05, 0.1) is 18.0 Å². The lowest BCUT2D eigenvalue weighted by atomic mass is 10.2. The lowest BCUT2D eigenvalue weighted by Gasteiger charge is -2.24. The second-order valence-electron chi connectivity index (χ2n) is 4.36. The van der Waals surface area contributed by atoms with Crippen LogP contribution in [-0.4, -0.2) is 21.4 Å². The van der Waals surface area contributed by atoms with Gasteiger partial charge in [0.2, 0.25) is 0 Å². The second-order valence-corrected chi connectivity index (χ2v) is 4.36. The number of rotatable bonds is 4. The molecule has 19 heavy (non-hydrogen) atoms. The molecule has 1 aromatic heterocycles. The molecule has 0 atom stereocenters. The van der Waals surface area contributed by atoms with Crippen molar-refractivity contribution < 1.29 is 9.50 Å². The van der Waals surface area contributed by atoms with Crippen LogP contribution < -0.4 is 4.90 Å². The zero-order valence-corrected chi connectivity index (χ0v) is 11.4. The van der Waals surface area contributed by atoms with Crippen LogP contribution in [0, 0.1) is 12.7 Å². The van der Waals surface area contributed by atoms with Crippen LogP contribution in [0.5, 0.6) is 0 Å². The summed E-state index contributed by atoms with van der Waals surface area (Å²) in [5, 5.41) is 13.8. The molecule has 1 heterocycles. The van der Waals surface area contributed by atoms with E-state index in [0.29, 0.717) is 12.2 Å². The highest BCUT2D eigenvalue weighted by atomic mass is 19.1. The van der Waals surface area contributed by atoms with Crippen molar-refractivity contribution in [3.8, 4) is 0 Å². The third kappa shape index (κ3) is 2.33. The van der Waals surface area contributed by atoms with Gasteiger partial charge in [-0.15, -0.1) is 0 Å². The molecule has 102 valence electrons. The van der Waals surface area contributed by atoms with Crippen LogP contribution in [0.1, 0.15) is 18.2 Å². The van der Waals surface area contributed by atoms with Crippen LogP contribution in [-0.2, 0) is 13.7 Å². The van der Waals surface area contributed by atoms with Crippen molar-refractivity contribution in [2.45, 2.75) is 20.5 Å². The lowest BCUT2D eigenvalue weighted by Crippen LogP contribution is -2.21. The predicted octanol–water partition coefficient (Wildman–Crippen LogP) is 2.52. The van der Waals surface area contributed by atoms with Crippen molar-refractivity contribution >= 4 is 11.5 Å². The van der Waals surface area contributed by atoms with Gasteiger partial charge in [0.1, 0.15) is 11.6 Å². The molecule has 1 N–H and O–H groups in total. The molecule has 0 amide bonds. The van der Waals surface area contributed by atoms with E-state index in [4.69, 9.17) is 0 Å². The number of aromatic nitrogens is 2. The van der Waals surface area contributed by atoms with Crippen LogP contribution >= 0.6 is 0 Å². The Balaban J connectivity index is 2.58. The van der Waals surface area contributed by atoms with Crippen LogP contribution in [0.2, 0.25) is 0 Å². The predicted molar refractivity (Wildman–Crippen MR) is 72.9 cm³/mol. The highest BCUT2D eigenvalue weighted by molar-refractivity contribution is 5.64. The smallest absolute Gasteiger partial charge is 0.146 e. The Morgan fingerprint density at radius 3 is 2.63 bits per heavy atom. The lowest BCUT2D eigenvalue weighted by molar-refractivity contribution is 0.281. The summed E-state index contributed by atoms with van der Waals surface area (Å²) < 4.78 is 15.6. The molecule has 0 saturated heterocycles. The van der Waals surface area contributed by atoms with E-state index in [-0.39, 0.29) is 12.4 Å². The van der Waals surface area contributed by atoms with Gasteiger partial charge in [0.15, 0.2) is 0 Å². The molecule has 0 spiro atoms. The Labute approximate surface area is 112 Å².